The number of rotatable bonds is 4. The Bertz CT molecular complexity index is 198. The van der Waals surface area contributed by atoms with E-state index in [0.717, 1.165) is 0 Å². The summed E-state index contributed by atoms with van der Waals surface area (Å²) >= 11 is 2.05. The van der Waals surface area contributed by atoms with E-state index in [-0.39, 0.29) is 0 Å². The third kappa shape index (κ3) is 2.89. The molecule has 3 heteroatoms. The fourth-order valence-corrected chi connectivity index (χ4v) is 3.69. The molecule has 0 bridgehead atoms. The average Bonchev–Trinajstić information content (AvgIpc) is 2.17. The number of thioether (sulfide) groups is 1. The Hall–Kier alpha value is 0.270. The van der Waals surface area contributed by atoms with Gasteiger partial charge >= 0.3 is 0 Å². The second-order valence-electron chi connectivity index (χ2n) is 5.25. The van der Waals surface area contributed by atoms with E-state index >= 15 is 0 Å². The molecule has 88 valence electrons. The lowest BCUT2D eigenvalue weighted by molar-refractivity contribution is 0.289. The van der Waals surface area contributed by atoms with Crippen molar-refractivity contribution in [2.45, 2.75) is 61.8 Å². The van der Waals surface area contributed by atoms with Crippen molar-refractivity contribution in [3.63, 3.8) is 0 Å². The predicted octanol–water partition coefficient (Wildman–Crippen LogP) is 2.13. The number of hydrogen-bond donors (Lipinski definition) is 2. The summed E-state index contributed by atoms with van der Waals surface area (Å²) < 4.78 is 0.571. The van der Waals surface area contributed by atoms with Gasteiger partial charge in [0.25, 0.3) is 0 Å². The van der Waals surface area contributed by atoms with Crippen LogP contribution in [0, 0.1) is 0 Å². The van der Waals surface area contributed by atoms with Crippen LogP contribution in [0.5, 0.6) is 0 Å². The van der Waals surface area contributed by atoms with Crippen molar-refractivity contribution in [3.8, 4) is 0 Å². The Morgan fingerprint density at radius 3 is 2.67 bits per heavy atom. The molecule has 2 atom stereocenters. The van der Waals surface area contributed by atoms with Crippen LogP contribution in [0.2, 0.25) is 0 Å². The molecule has 2 aliphatic rings. The highest BCUT2D eigenvalue weighted by Gasteiger charge is 2.36. The molecule has 15 heavy (non-hydrogen) atoms. The minimum atomic E-state index is 0.447. The van der Waals surface area contributed by atoms with Gasteiger partial charge in [0.2, 0.25) is 0 Å². The smallest absolute Gasteiger partial charge is 0.0281 e. The largest absolute Gasteiger partial charge is 0.328 e. The van der Waals surface area contributed by atoms with Gasteiger partial charge in [-0.3, -0.25) is 0 Å². The number of hydrogen-bond acceptors (Lipinski definition) is 3. The highest BCUT2D eigenvalue weighted by molar-refractivity contribution is 8.00. The molecular weight excluding hydrogens is 204 g/mol. The van der Waals surface area contributed by atoms with Crippen LogP contribution in [0.4, 0.5) is 0 Å². The lowest BCUT2D eigenvalue weighted by Gasteiger charge is -2.42. The predicted molar refractivity (Wildman–Crippen MR) is 68.3 cm³/mol. The zero-order valence-corrected chi connectivity index (χ0v) is 10.6. The molecule has 0 saturated heterocycles. The van der Waals surface area contributed by atoms with Crippen molar-refractivity contribution < 1.29 is 0 Å². The second kappa shape index (κ2) is 5.07. The fraction of sp³-hybridized carbons (Fsp3) is 1.00. The molecule has 0 radical (unpaired) electrons. The SMILES string of the molecule is CSC1(CNC2CCCC(N)C2)CCC1. The summed E-state index contributed by atoms with van der Waals surface area (Å²) in [5, 5.41) is 3.74. The van der Waals surface area contributed by atoms with Crippen molar-refractivity contribution in [3.05, 3.63) is 0 Å². The molecule has 0 aromatic heterocycles. The Kier molecular flexibility index (Phi) is 3.97. The van der Waals surface area contributed by atoms with E-state index in [4.69, 9.17) is 5.73 Å². The first-order valence-electron chi connectivity index (χ1n) is 6.28. The molecule has 0 aromatic rings. The highest BCUT2D eigenvalue weighted by atomic mass is 32.2. The zero-order valence-electron chi connectivity index (χ0n) is 9.80. The fourth-order valence-electron chi connectivity index (χ4n) is 2.77. The second-order valence-corrected chi connectivity index (χ2v) is 6.52. The zero-order chi connectivity index (χ0) is 10.7. The van der Waals surface area contributed by atoms with E-state index in [9.17, 15) is 0 Å². The molecule has 0 aromatic carbocycles. The van der Waals surface area contributed by atoms with Gasteiger partial charge in [-0.15, -0.1) is 0 Å². The first-order valence-corrected chi connectivity index (χ1v) is 7.51. The molecule has 0 amide bonds. The molecule has 2 saturated carbocycles. The third-order valence-electron chi connectivity index (χ3n) is 4.13. The highest BCUT2D eigenvalue weighted by Crippen LogP contribution is 2.42. The van der Waals surface area contributed by atoms with Gasteiger partial charge in [0.15, 0.2) is 0 Å². The van der Waals surface area contributed by atoms with Gasteiger partial charge in [-0.1, -0.05) is 12.8 Å². The standard InChI is InChI=1S/C12H24N2S/c1-15-12(6-3-7-12)9-14-11-5-2-4-10(13)8-11/h10-11,14H,2-9,13H2,1H3. The number of nitrogens with one attached hydrogen (secondary N) is 1. The molecule has 2 nitrogen and oxygen atoms in total. The summed E-state index contributed by atoms with van der Waals surface area (Å²) in [5.74, 6) is 0. The van der Waals surface area contributed by atoms with Crippen LogP contribution in [0.1, 0.15) is 44.9 Å². The monoisotopic (exact) mass is 228 g/mol. The normalized spacial score (nSPS) is 34.8. The molecular formula is C12H24N2S. The molecule has 2 rings (SSSR count). The molecule has 2 fully saturated rings. The van der Waals surface area contributed by atoms with Crippen LogP contribution in [-0.2, 0) is 0 Å². The van der Waals surface area contributed by atoms with Gasteiger partial charge in [-0.2, -0.15) is 11.8 Å². The molecule has 2 unspecified atom stereocenters. The first-order chi connectivity index (χ1) is 7.24. The molecule has 2 aliphatic carbocycles. The number of nitrogens with two attached hydrogens (primary N) is 1. The van der Waals surface area contributed by atoms with Crippen LogP contribution in [0.15, 0.2) is 0 Å². The van der Waals surface area contributed by atoms with Crippen molar-refractivity contribution in [1.82, 2.24) is 5.32 Å². The van der Waals surface area contributed by atoms with Crippen LogP contribution in [0.25, 0.3) is 0 Å². The van der Waals surface area contributed by atoms with Crippen molar-refractivity contribution in [2.24, 2.45) is 5.73 Å². The van der Waals surface area contributed by atoms with Crippen molar-refractivity contribution in [1.29, 1.82) is 0 Å². The van der Waals surface area contributed by atoms with Crippen molar-refractivity contribution in [2.75, 3.05) is 12.8 Å². The summed E-state index contributed by atoms with van der Waals surface area (Å²) in [6, 6.07) is 1.14. The van der Waals surface area contributed by atoms with E-state index in [1.807, 2.05) is 0 Å². The van der Waals surface area contributed by atoms with Crippen LogP contribution >= 0.6 is 11.8 Å². The van der Waals surface area contributed by atoms with Gasteiger partial charge in [0, 0.05) is 23.4 Å². The lowest BCUT2D eigenvalue weighted by atomic mass is 9.83. The molecule has 0 aliphatic heterocycles. The summed E-state index contributed by atoms with van der Waals surface area (Å²) in [6.07, 6.45) is 11.5. The van der Waals surface area contributed by atoms with E-state index in [2.05, 4.69) is 23.3 Å². The summed E-state index contributed by atoms with van der Waals surface area (Å²) in [5.41, 5.74) is 6.00. The Morgan fingerprint density at radius 1 is 1.33 bits per heavy atom. The van der Waals surface area contributed by atoms with Crippen LogP contribution in [-0.4, -0.2) is 29.6 Å². The maximum Gasteiger partial charge on any atom is 0.0281 e. The van der Waals surface area contributed by atoms with E-state index in [1.54, 1.807) is 0 Å². The topological polar surface area (TPSA) is 38.0 Å². The maximum atomic E-state index is 6.00. The molecule has 0 spiro atoms. The quantitative estimate of drug-likeness (QED) is 0.774. The van der Waals surface area contributed by atoms with Gasteiger partial charge < -0.3 is 11.1 Å². The lowest BCUT2D eigenvalue weighted by Crippen LogP contribution is -2.48. The van der Waals surface area contributed by atoms with E-state index < -0.39 is 0 Å². The van der Waals surface area contributed by atoms with E-state index in [1.165, 1.54) is 51.5 Å². The minimum absolute atomic E-state index is 0.447. The van der Waals surface area contributed by atoms with Crippen molar-refractivity contribution >= 4 is 11.8 Å². The Balaban J connectivity index is 1.72. The first kappa shape index (κ1) is 11.7. The summed E-state index contributed by atoms with van der Waals surface area (Å²) in [7, 11) is 0. The average molecular weight is 228 g/mol. The summed E-state index contributed by atoms with van der Waals surface area (Å²) in [6.45, 7) is 1.20. The van der Waals surface area contributed by atoms with Crippen LogP contribution in [0.3, 0.4) is 0 Å². The van der Waals surface area contributed by atoms with Gasteiger partial charge in [-0.25, -0.2) is 0 Å². The Labute approximate surface area is 97.8 Å². The van der Waals surface area contributed by atoms with Gasteiger partial charge in [-0.05, 0) is 38.4 Å². The minimum Gasteiger partial charge on any atom is -0.328 e. The van der Waals surface area contributed by atoms with E-state index in [0.29, 0.717) is 16.8 Å². The van der Waals surface area contributed by atoms with Gasteiger partial charge in [0.1, 0.15) is 0 Å². The summed E-state index contributed by atoms with van der Waals surface area (Å²) in [4.78, 5) is 0. The Morgan fingerprint density at radius 2 is 2.13 bits per heavy atom. The van der Waals surface area contributed by atoms with Gasteiger partial charge in [0.05, 0.1) is 0 Å². The maximum absolute atomic E-state index is 6.00. The van der Waals surface area contributed by atoms with Crippen LogP contribution < -0.4 is 11.1 Å². The molecule has 3 N–H and O–H groups in total. The molecule has 0 heterocycles. The third-order valence-corrected chi connectivity index (χ3v) is 5.54.